The Kier molecular flexibility index (Phi) is 2.79. The van der Waals surface area contributed by atoms with E-state index in [9.17, 15) is 4.79 Å². The van der Waals surface area contributed by atoms with Crippen molar-refractivity contribution in [3.8, 4) is 0 Å². The number of aliphatic carboxylic acids is 1. The zero-order valence-corrected chi connectivity index (χ0v) is 9.95. The number of hydrogen-bond acceptors (Lipinski definition) is 4. The first-order valence-corrected chi connectivity index (χ1v) is 5.42. The van der Waals surface area contributed by atoms with Crippen LogP contribution >= 0.6 is 0 Å². The molecular formula is C11H14N4O2. The Bertz CT molecular complexity index is 564. The minimum atomic E-state index is -0.845. The molecule has 0 amide bonds. The molecule has 1 N–H and O–H groups in total. The lowest BCUT2D eigenvalue weighted by Crippen LogP contribution is -2.19. The zero-order chi connectivity index (χ0) is 12.6. The number of rotatable bonds is 3. The predicted molar refractivity (Wildman–Crippen MR) is 60.7 cm³/mol. The van der Waals surface area contributed by atoms with Crippen LogP contribution in [0.4, 0.5) is 0 Å². The van der Waals surface area contributed by atoms with Crippen LogP contribution in [-0.4, -0.2) is 30.9 Å². The van der Waals surface area contributed by atoms with Gasteiger partial charge in [0.1, 0.15) is 0 Å². The standard InChI is InChI=1S/C11H14N4O2/c1-6-4-5-9-12-13-10(15(9)14-6)7(2)8(3)11(16)17/h4-5,7-8H,1-3H3,(H,16,17). The number of aryl methyl sites for hydroxylation is 1. The van der Waals surface area contributed by atoms with Crippen LogP contribution in [0.1, 0.15) is 31.3 Å². The second-order valence-corrected chi connectivity index (χ2v) is 4.22. The molecule has 17 heavy (non-hydrogen) atoms. The molecule has 0 saturated heterocycles. The SMILES string of the molecule is Cc1ccc2nnc(C(C)C(C)C(=O)O)n2n1. The van der Waals surface area contributed by atoms with Gasteiger partial charge in [0, 0.05) is 5.92 Å². The van der Waals surface area contributed by atoms with Crippen molar-refractivity contribution in [1.29, 1.82) is 0 Å². The summed E-state index contributed by atoms with van der Waals surface area (Å²) in [7, 11) is 0. The molecule has 2 aromatic heterocycles. The molecular weight excluding hydrogens is 220 g/mol. The van der Waals surface area contributed by atoms with E-state index in [4.69, 9.17) is 5.11 Å². The number of carboxylic acids is 1. The molecule has 0 spiro atoms. The normalized spacial score (nSPS) is 14.8. The summed E-state index contributed by atoms with van der Waals surface area (Å²) in [5.74, 6) is -1.03. The molecule has 2 unspecified atom stereocenters. The second kappa shape index (κ2) is 4.12. The summed E-state index contributed by atoms with van der Waals surface area (Å²) in [6, 6.07) is 3.66. The summed E-state index contributed by atoms with van der Waals surface area (Å²) < 4.78 is 1.61. The van der Waals surface area contributed by atoms with Gasteiger partial charge in [0.05, 0.1) is 11.6 Å². The monoisotopic (exact) mass is 234 g/mol. The van der Waals surface area contributed by atoms with Gasteiger partial charge in [0.15, 0.2) is 11.5 Å². The van der Waals surface area contributed by atoms with E-state index in [2.05, 4.69) is 15.3 Å². The molecule has 0 radical (unpaired) electrons. The Labute approximate surface area is 98.3 Å². The third kappa shape index (κ3) is 1.98. The Morgan fingerprint density at radius 2 is 2.06 bits per heavy atom. The number of carbonyl (C=O) groups is 1. The van der Waals surface area contributed by atoms with Gasteiger partial charge in [-0.25, -0.2) is 0 Å². The first-order chi connectivity index (χ1) is 8.00. The summed E-state index contributed by atoms with van der Waals surface area (Å²) >= 11 is 0. The van der Waals surface area contributed by atoms with Crippen LogP contribution in [0.2, 0.25) is 0 Å². The Hall–Kier alpha value is -1.98. The molecule has 2 rings (SSSR count). The Balaban J connectivity index is 2.48. The van der Waals surface area contributed by atoms with Crippen molar-refractivity contribution in [2.75, 3.05) is 0 Å². The fourth-order valence-electron chi connectivity index (χ4n) is 1.62. The van der Waals surface area contributed by atoms with Gasteiger partial charge in [-0.1, -0.05) is 13.8 Å². The van der Waals surface area contributed by atoms with Crippen molar-refractivity contribution in [2.24, 2.45) is 5.92 Å². The van der Waals surface area contributed by atoms with Gasteiger partial charge in [0.25, 0.3) is 0 Å². The lowest BCUT2D eigenvalue weighted by molar-refractivity contribution is -0.141. The molecule has 0 aliphatic rings. The van der Waals surface area contributed by atoms with Crippen molar-refractivity contribution >= 4 is 11.6 Å². The van der Waals surface area contributed by atoms with E-state index in [1.54, 1.807) is 11.4 Å². The van der Waals surface area contributed by atoms with Crippen molar-refractivity contribution in [3.63, 3.8) is 0 Å². The van der Waals surface area contributed by atoms with Crippen molar-refractivity contribution < 1.29 is 9.90 Å². The highest BCUT2D eigenvalue weighted by Crippen LogP contribution is 2.22. The summed E-state index contributed by atoms with van der Waals surface area (Å²) in [4.78, 5) is 11.0. The molecule has 0 aliphatic carbocycles. The minimum absolute atomic E-state index is 0.239. The van der Waals surface area contributed by atoms with Gasteiger partial charge in [-0.3, -0.25) is 4.79 Å². The second-order valence-electron chi connectivity index (χ2n) is 4.22. The maximum absolute atomic E-state index is 11.0. The number of aromatic nitrogens is 4. The van der Waals surface area contributed by atoms with E-state index in [1.165, 1.54) is 0 Å². The Morgan fingerprint density at radius 1 is 1.35 bits per heavy atom. The van der Waals surface area contributed by atoms with E-state index in [-0.39, 0.29) is 5.92 Å². The van der Waals surface area contributed by atoms with Crippen molar-refractivity contribution in [2.45, 2.75) is 26.7 Å². The van der Waals surface area contributed by atoms with E-state index >= 15 is 0 Å². The van der Waals surface area contributed by atoms with Crippen LogP contribution in [0.15, 0.2) is 12.1 Å². The zero-order valence-electron chi connectivity index (χ0n) is 9.95. The van der Waals surface area contributed by atoms with E-state index in [0.717, 1.165) is 5.69 Å². The fourth-order valence-corrected chi connectivity index (χ4v) is 1.62. The van der Waals surface area contributed by atoms with E-state index in [0.29, 0.717) is 11.5 Å². The lowest BCUT2D eigenvalue weighted by Gasteiger charge is -2.13. The maximum atomic E-state index is 11.0. The van der Waals surface area contributed by atoms with E-state index in [1.807, 2.05) is 26.0 Å². The smallest absolute Gasteiger partial charge is 0.306 e. The quantitative estimate of drug-likeness (QED) is 0.864. The molecule has 0 fully saturated rings. The number of fused-ring (bicyclic) bond motifs is 1. The molecule has 2 aromatic rings. The minimum Gasteiger partial charge on any atom is -0.481 e. The Morgan fingerprint density at radius 3 is 2.71 bits per heavy atom. The maximum Gasteiger partial charge on any atom is 0.306 e. The van der Waals surface area contributed by atoms with Gasteiger partial charge in [-0.15, -0.1) is 10.2 Å². The van der Waals surface area contributed by atoms with Crippen LogP contribution < -0.4 is 0 Å². The van der Waals surface area contributed by atoms with Crippen LogP contribution in [0.5, 0.6) is 0 Å². The topological polar surface area (TPSA) is 80.4 Å². The third-order valence-corrected chi connectivity index (χ3v) is 2.97. The molecule has 0 bridgehead atoms. The summed E-state index contributed by atoms with van der Waals surface area (Å²) in [6.45, 7) is 5.34. The first kappa shape index (κ1) is 11.5. The summed E-state index contributed by atoms with van der Waals surface area (Å²) in [5, 5.41) is 21.3. The highest BCUT2D eigenvalue weighted by molar-refractivity contribution is 5.70. The van der Waals surface area contributed by atoms with Crippen LogP contribution in [-0.2, 0) is 4.79 Å². The molecule has 0 aliphatic heterocycles. The molecule has 0 aromatic carbocycles. The molecule has 6 nitrogen and oxygen atoms in total. The summed E-state index contributed by atoms with van der Waals surface area (Å²) in [5.41, 5.74) is 1.48. The molecule has 2 heterocycles. The fraction of sp³-hybridized carbons (Fsp3) is 0.455. The van der Waals surface area contributed by atoms with Gasteiger partial charge in [-0.2, -0.15) is 9.61 Å². The van der Waals surface area contributed by atoms with Crippen molar-refractivity contribution in [3.05, 3.63) is 23.7 Å². The van der Waals surface area contributed by atoms with Gasteiger partial charge in [0.2, 0.25) is 0 Å². The van der Waals surface area contributed by atoms with Crippen LogP contribution in [0.3, 0.4) is 0 Å². The average molecular weight is 234 g/mol. The van der Waals surface area contributed by atoms with Crippen LogP contribution in [0, 0.1) is 12.8 Å². The van der Waals surface area contributed by atoms with Crippen LogP contribution in [0.25, 0.3) is 5.65 Å². The van der Waals surface area contributed by atoms with E-state index < -0.39 is 11.9 Å². The first-order valence-electron chi connectivity index (χ1n) is 5.42. The largest absolute Gasteiger partial charge is 0.481 e. The predicted octanol–water partition coefficient (Wildman–Crippen LogP) is 1.26. The van der Waals surface area contributed by atoms with Gasteiger partial charge >= 0.3 is 5.97 Å². The summed E-state index contributed by atoms with van der Waals surface area (Å²) in [6.07, 6.45) is 0. The highest BCUT2D eigenvalue weighted by atomic mass is 16.4. The number of nitrogens with zero attached hydrogens (tertiary/aromatic N) is 4. The molecule has 2 atom stereocenters. The van der Waals surface area contributed by atoms with Gasteiger partial charge < -0.3 is 5.11 Å². The molecule has 0 saturated carbocycles. The molecule has 90 valence electrons. The number of hydrogen-bond donors (Lipinski definition) is 1. The number of carboxylic acid groups (broad SMARTS) is 1. The third-order valence-electron chi connectivity index (χ3n) is 2.97. The van der Waals surface area contributed by atoms with Gasteiger partial charge in [-0.05, 0) is 19.1 Å². The highest BCUT2D eigenvalue weighted by Gasteiger charge is 2.25. The van der Waals surface area contributed by atoms with Crippen molar-refractivity contribution in [1.82, 2.24) is 19.8 Å². The molecule has 6 heteroatoms. The average Bonchev–Trinajstić information content (AvgIpc) is 2.69. The lowest BCUT2D eigenvalue weighted by atomic mass is 9.95.